The molecule has 5 nitrogen and oxygen atoms in total. The number of rotatable bonds is 5. The van der Waals surface area contributed by atoms with E-state index in [1.807, 2.05) is 13.8 Å². The van der Waals surface area contributed by atoms with E-state index in [0.29, 0.717) is 18.1 Å². The van der Waals surface area contributed by atoms with Gasteiger partial charge in [0, 0.05) is 13.5 Å². The predicted molar refractivity (Wildman–Crippen MR) is 74.4 cm³/mol. The maximum atomic E-state index is 12.1. The fourth-order valence-corrected chi connectivity index (χ4v) is 2.93. The first-order valence-electron chi connectivity index (χ1n) is 7.58. The Kier molecular flexibility index (Phi) is 4.91. The highest BCUT2D eigenvalue weighted by atomic mass is 16.5. The highest BCUT2D eigenvalue weighted by Gasteiger charge is 2.36. The molecule has 1 saturated carbocycles. The molecule has 2 rings (SSSR count). The topological polar surface area (TPSA) is 65.2 Å². The van der Waals surface area contributed by atoms with Crippen LogP contribution in [0.1, 0.15) is 76.4 Å². The lowest BCUT2D eigenvalue weighted by Crippen LogP contribution is -2.28. The molecule has 1 aromatic rings. The number of aromatic nitrogens is 2. The predicted octanol–water partition coefficient (Wildman–Crippen LogP) is 3.35. The molecule has 1 unspecified atom stereocenters. The average Bonchev–Trinajstić information content (AvgIpc) is 2.85. The van der Waals surface area contributed by atoms with Gasteiger partial charge in [-0.1, -0.05) is 31.8 Å². The van der Waals surface area contributed by atoms with Gasteiger partial charge in [-0.2, -0.15) is 4.98 Å². The first-order valence-corrected chi connectivity index (χ1v) is 7.58. The van der Waals surface area contributed by atoms with E-state index in [1.165, 1.54) is 0 Å². The quantitative estimate of drug-likeness (QED) is 0.774. The van der Waals surface area contributed by atoms with Crippen molar-refractivity contribution in [3.05, 3.63) is 11.7 Å². The van der Waals surface area contributed by atoms with Gasteiger partial charge >= 0.3 is 0 Å². The van der Waals surface area contributed by atoms with Crippen LogP contribution >= 0.6 is 0 Å². The molecule has 0 radical (unpaired) electrons. The third-order valence-electron chi connectivity index (χ3n) is 4.48. The van der Waals surface area contributed by atoms with E-state index in [1.54, 1.807) is 7.11 Å². The van der Waals surface area contributed by atoms with Crippen LogP contribution in [0.3, 0.4) is 0 Å². The molecule has 1 fully saturated rings. The number of carbonyl (C=O) groups is 1. The lowest BCUT2D eigenvalue weighted by molar-refractivity contribution is -0.120. The number of hydrogen-bond donors (Lipinski definition) is 0. The molecule has 0 aliphatic heterocycles. The molecular weight excluding hydrogens is 256 g/mol. The monoisotopic (exact) mass is 280 g/mol. The Bertz CT molecular complexity index is 443. The van der Waals surface area contributed by atoms with Crippen molar-refractivity contribution in [2.24, 2.45) is 0 Å². The van der Waals surface area contributed by atoms with Crippen molar-refractivity contribution in [1.82, 2.24) is 10.1 Å². The van der Waals surface area contributed by atoms with Crippen LogP contribution in [0.2, 0.25) is 0 Å². The zero-order valence-electron chi connectivity index (χ0n) is 12.6. The fraction of sp³-hybridized carbons (Fsp3) is 0.800. The van der Waals surface area contributed by atoms with Crippen molar-refractivity contribution in [2.75, 3.05) is 7.11 Å². The molecule has 112 valence electrons. The Morgan fingerprint density at radius 1 is 1.30 bits per heavy atom. The molecule has 1 atom stereocenters. The second-order valence-electron chi connectivity index (χ2n) is 5.48. The molecule has 1 aromatic heterocycles. The molecular formula is C15H24N2O3. The molecule has 0 bridgehead atoms. The van der Waals surface area contributed by atoms with Crippen LogP contribution in [0.5, 0.6) is 0 Å². The van der Waals surface area contributed by atoms with E-state index in [0.717, 1.165) is 38.5 Å². The molecule has 0 N–H and O–H groups in total. The summed E-state index contributed by atoms with van der Waals surface area (Å²) in [6.07, 6.45) is 6.12. The van der Waals surface area contributed by atoms with E-state index in [-0.39, 0.29) is 11.7 Å². The molecule has 1 heterocycles. The molecule has 0 aromatic carbocycles. The Morgan fingerprint density at radius 2 is 2.05 bits per heavy atom. The summed E-state index contributed by atoms with van der Waals surface area (Å²) in [4.78, 5) is 16.6. The maximum Gasteiger partial charge on any atom is 0.237 e. The van der Waals surface area contributed by atoms with Gasteiger partial charge in [-0.05, 0) is 25.7 Å². The summed E-state index contributed by atoms with van der Waals surface area (Å²) < 4.78 is 11.0. The second kappa shape index (κ2) is 6.48. The Hall–Kier alpha value is -1.23. The van der Waals surface area contributed by atoms with Gasteiger partial charge in [0.25, 0.3) is 0 Å². The van der Waals surface area contributed by atoms with Crippen molar-refractivity contribution in [2.45, 2.75) is 70.3 Å². The van der Waals surface area contributed by atoms with Crippen LogP contribution < -0.4 is 0 Å². The van der Waals surface area contributed by atoms with Gasteiger partial charge in [-0.25, -0.2) is 0 Å². The standard InChI is InChI=1S/C15H24N2O3/c1-4-15(5-2,19-3)14-16-13(20-17-14)11-9-7-6-8-10-12(11)18/h11H,4-10H2,1-3H3. The number of carbonyl (C=O) groups excluding carboxylic acids is 1. The van der Waals surface area contributed by atoms with E-state index >= 15 is 0 Å². The molecule has 5 heteroatoms. The van der Waals surface area contributed by atoms with Crippen molar-refractivity contribution < 1.29 is 14.1 Å². The zero-order chi connectivity index (χ0) is 14.6. The third-order valence-corrected chi connectivity index (χ3v) is 4.48. The fourth-order valence-electron chi connectivity index (χ4n) is 2.93. The third kappa shape index (κ3) is 2.77. The molecule has 0 saturated heterocycles. The zero-order valence-corrected chi connectivity index (χ0v) is 12.6. The van der Waals surface area contributed by atoms with Gasteiger partial charge in [0.1, 0.15) is 11.4 Å². The number of Topliss-reactive ketones (excluding diaryl/α,β-unsaturated/α-hetero) is 1. The van der Waals surface area contributed by atoms with E-state index in [9.17, 15) is 4.79 Å². The Balaban J connectivity index is 2.25. The second-order valence-corrected chi connectivity index (χ2v) is 5.48. The lowest BCUT2D eigenvalue weighted by Gasteiger charge is -2.25. The number of nitrogens with zero attached hydrogens (tertiary/aromatic N) is 2. The first-order chi connectivity index (χ1) is 9.66. The first kappa shape index (κ1) is 15.2. The van der Waals surface area contributed by atoms with Crippen LogP contribution in [0.25, 0.3) is 0 Å². The van der Waals surface area contributed by atoms with Gasteiger partial charge in [-0.3, -0.25) is 4.79 Å². The molecule has 0 spiro atoms. The van der Waals surface area contributed by atoms with E-state index in [2.05, 4.69) is 10.1 Å². The minimum atomic E-state index is -0.504. The Labute approximate surface area is 120 Å². The molecule has 1 aliphatic carbocycles. The van der Waals surface area contributed by atoms with Crippen molar-refractivity contribution >= 4 is 5.78 Å². The summed E-state index contributed by atoms with van der Waals surface area (Å²) in [6, 6.07) is 0. The number of ether oxygens (including phenoxy) is 1. The van der Waals surface area contributed by atoms with E-state index in [4.69, 9.17) is 9.26 Å². The highest BCUT2D eigenvalue weighted by Crippen LogP contribution is 2.33. The van der Waals surface area contributed by atoms with E-state index < -0.39 is 5.60 Å². The summed E-state index contributed by atoms with van der Waals surface area (Å²) in [6.45, 7) is 4.08. The molecule has 20 heavy (non-hydrogen) atoms. The lowest BCUT2D eigenvalue weighted by atomic mass is 9.95. The van der Waals surface area contributed by atoms with Crippen LogP contribution in [0.4, 0.5) is 0 Å². The smallest absolute Gasteiger partial charge is 0.237 e. The highest BCUT2D eigenvalue weighted by molar-refractivity contribution is 5.84. The van der Waals surface area contributed by atoms with Gasteiger partial charge in [0.05, 0.1) is 5.92 Å². The summed E-state index contributed by atoms with van der Waals surface area (Å²) in [5.74, 6) is 1.04. The molecule has 0 amide bonds. The summed E-state index contributed by atoms with van der Waals surface area (Å²) in [7, 11) is 1.67. The summed E-state index contributed by atoms with van der Waals surface area (Å²) in [5.41, 5.74) is -0.504. The minimum absolute atomic E-state index is 0.220. The SMILES string of the molecule is CCC(CC)(OC)c1noc(C2CCCCCC2=O)n1. The van der Waals surface area contributed by atoms with Gasteiger partial charge in [0.15, 0.2) is 0 Å². The average molecular weight is 280 g/mol. The molecule has 1 aliphatic rings. The summed E-state index contributed by atoms with van der Waals surface area (Å²) in [5, 5.41) is 4.08. The van der Waals surface area contributed by atoms with Gasteiger partial charge in [0.2, 0.25) is 11.7 Å². The largest absolute Gasteiger partial charge is 0.370 e. The van der Waals surface area contributed by atoms with Crippen LogP contribution in [0, 0.1) is 0 Å². The van der Waals surface area contributed by atoms with Crippen LogP contribution in [-0.2, 0) is 15.1 Å². The number of hydrogen-bond acceptors (Lipinski definition) is 5. The Morgan fingerprint density at radius 3 is 2.70 bits per heavy atom. The van der Waals surface area contributed by atoms with Crippen LogP contribution in [0.15, 0.2) is 4.52 Å². The van der Waals surface area contributed by atoms with Crippen LogP contribution in [-0.4, -0.2) is 23.0 Å². The van der Waals surface area contributed by atoms with Gasteiger partial charge < -0.3 is 9.26 Å². The van der Waals surface area contributed by atoms with Crippen molar-refractivity contribution in [3.8, 4) is 0 Å². The van der Waals surface area contributed by atoms with Gasteiger partial charge in [-0.15, -0.1) is 0 Å². The summed E-state index contributed by atoms with van der Waals surface area (Å²) >= 11 is 0. The maximum absolute atomic E-state index is 12.1. The van der Waals surface area contributed by atoms with Crippen molar-refractivity contribution in [1.29, 1.82) is 0 Å². The van der Waals surface area contributed by atoms with Crippen molar-refractivity contribution in [3.63, 3.8) is 0 Å². The normalized spacial score (nSPS) is 20.9. The minimum Gasteiger partial charge on any atom is -0.370 e. The number of ketones is 1. The number of methoxy groups -OCH3 is 1.